The summed E-state index contributed by atoms with van der Waals surface area (Å²) in [6.07, 6.45) is 1.65. The SMILES string of the molecule is O=C1N/C(=C/c2ccc(OCc3ccc(I)cc3)c(Br)c2)C(=O)N1c1ccccc1. The van der Waals surface area contributed by atoms with E-state index < -0.39 is 6.03 Å². The standard InChI is InChI=1S/C23H16BrIN2O3/c24-19-12-16(8-11-21(19)30-14-15-6-9-17(25)10-7-15)13-20-22(28)27(23(29)26-20)18-4-2-1-3-5-18/h1-13H,14H2,(H,26,29)/b20-13+. The molecule has 0 spiro atoms. The largest absolute Gasteiger partial charge is 0.488 e. The van der Waals surface area contributed by atoms with Crippen LogP contribution in [0.4, 0.5) is 10.5 Å². The quantitative estimate of drug-likeness (QED) is 0.240. The number of halogens is 2. The number of anilines is 1. The molecular formula is C23H16BrIN2O3. The van der Waals surface area contributed by atoms with Gasteiger partial charge >= 0.3 is 6.03 Å². The van der Waals surface area contributed by atoms with Gasteiger partial charge in [-0.25, -0.2) is 9.69 Å². The van der Waals surface area contributed by atoms with Crippen LogP contribution in [0.3, 0.4) is 0 Å². The van der Waals surface area contributed by atoms with E-state index in [1.54, 1.807) is 30.3 Å². The molecule has 3 aromatic rings. The number of hydrogen-bond acceptors (Lipinski definition) is 3. The Kier molecular flexibility index (Phi) is 6.19. The number of imide groups is 1. The van der Waals surface area contributed by atoms with Crippen LogP contribution in [-0.2, 0) is 11.4 Å². The second-order valence-corrected chi connectivity index (χ2v) is 8.67. The summed E-state index contributed by atoms with van der Waals surface area (Å²) < 4.78 is 7.82. The lowest BCUT2D eigenvalue weighted by Crippen LogP contribution is -2.30. The number of benzene rings is 3. The maximum Gasteiger partial charge on any atom is 0.333 e. The number of ether oxygens (including phenoxy) is 1. The number of para-hydroxylation sites is 1. The van der Waals surface area contributed by atoms with Crippen LogP contribution < -0.4 is 15.0 Å². The number of nitrogens with one attached hydrogen (secondary N) is 1. The van der Waals surface area contributed by atoms with Crippen molar-refractivity contribution in [3.63, 3.8) is 0 Å². The molecule has 7 heteroatoms. The first-order valence-corrected chi connectivity index (χ1v) is 11.0. The molecule has 3 amide bonds. The fourth-order valence-corrected chi connectivity index (χ4v) is 3.85. The summed E-state index contributed by atoms with van der Waals surface area (Å²) in [7, 11) is 0. The summed E-state index contributed by atoms with van der Waals surface area (Å²) in [6, 6.07) is 22.0. The average molecular weight is 575 g/mol. The van der Waals surface area contributed by atoms with E-state index in [0.29, 0.717) is 18.0 Å². The van der Waals surface area contributed by atoms with Gasteiger partial charge in [-0.1, -0.05) is 36.4 Å². The third kappa shape index (κ3) is 4.57. The highest BCUT2D eigenvalue weighted by molar-refractivity contribution is 14.1. The maximum atomic E-state index is 12.7. The zero-order chi connectivity index (χ0) is 21.1. The van der Waals surface area contributed by atoms with Gasteiger partial charge in [0.1, 0.15) is 18.1 Å². The van der Waals surface area contributed by atoms with Crippen molar-refractivity contribution >= 4 is 62.2 Å². The van der Waals surface area contributed by atoms with E-state index >= 15 is 0 Å². The van der Waals surface area contributed by atoms with Crippen LogP contribution in [0.2, 0.25) is 0 Å². The molecule has 5 nitrogen and oxygen atoms in total. The van der Waals surface area contributed by atoms with Gasteiger partial charge < -0.3 is 10.1 Å². The first-order chi connectivity index (χ1) is 14.5. The molecule has 1 fully saturated rings. The molecule has 0 aromatic heterocycles. The van der Waals surface area contributed by atoms with Gasteiger partial charge in [-0.05, 0) is 92.1 Å². The number of carbonyl (C=O) groups is 2. The van der Waals surface area contributed by atoms with Crippen LogP contribution in [0.15, 0.2) is 83.0 Å². The minimum absolute atomic E-state index is 0.225. The summed E-state index contributed by atoms with van der Waals surface area (Å²) >= 11 is 5.78. The van der Waals surface area contributed by atoms with Crippen molar-refractivity contribution in [3.05, 3.63) is 97.7 Å². The van der Waals surface area contributed by atoms with Gasteiger partial charge in [0.05, 0.1) is 10.2 Å². The monoisotopic (exact) mass is 574 g/mol. The van der Waals surface area contributed by atoms with Crippen molar-refractivity contribution in [1.82, 2.24) is 5.32 Å². The second-order valence-electron chi connectivity index (χ2n) is 6.57. The highest BCUT2D eigenvalue weighted by Crippen LogP contribution is 2.29. The van der Waals surface area contributed by atoms with Gasteiger partial charge in [0, 0.05) is 3.57 Å². The third-order valence-electron chi connectivity index (χ3n) is 4.47. The summed E-state index contributed by atoms with van der Waals surface area (Å²) in [4.78, 5) is 26.1. The fraction of sp³-hybridized carbons (Fsp3) is 0.0435. The van der Waals surface area contributed by atoms with Crippen LogP contribution in [0.1, 0.15) is 11.1 Å². The molecule has 0 radical (unpaired) electrons. The Morgan fingerprint density at radius 1 is 1.00 bits per heavy atom. The Labute approximate surface area is 196 Å². The van der Waals surface area contributed by atoms with Crippen LogP contribution in [-0.4, -0.2) is 11.9 Å². The molecule has 1 saturated heterocycles. The molecule has 1 aliphatic heterocycles. The van der Waals surface area contributed by atoms with Gasteiger partial charge in [0.2, 0.25) is 0 Å². The van der Waals surface area contributed by atoms with E-state index in [0.717, 1.165) is 20.5 Å². The number of hydrogen-bond donors (Lipinski definition) is 1. The smallest absolute Gasteiger partial charge is 0.333 e. The van der Waals surface area contributed by atoms with E-state index in [2.05, 4.69) is 43.8 Å². The van der Waals surface area contributed by atoms with Crippen LogP contribution in [0, 0.1) is 3.57 Å². The lowest BCUT2D eigenvalue weighted by Gasteiger charge is -2.11. The van der Waals surface area contributed by atoms with E-state index in [1.807, 2.05) is 48.5 Å². The zero-order valence-corrected chi connectivity index (χ0v) is 19.4. The van der Waals surface area contributed by atoms with Gasteiger partial charge in [0.15, 0.2) is 0 Å². The van der Waals surface area contributed by atoms with Gasteiger partial charge in [0.25, 0.3) is 5.91 Å². The summed E-state index contributed by atoms with van der Waals surface area (Å²) in [5, 5.41) is 2.64. The molecular weight excluding hydrogens is 559 g/mol. The maximum absolute atomic E-state index is 12.7. The minimum atomic E-state index is -0.464. The van der Waals surface area contributed by atoms with Gasteiger partial charge in [-0.2, -0.15) is 0 Å². The van der Waals surface area contributed by atoms with E-state index in [1.165, 1.54) is 3.57 Å². The molecule has 0 atom stereocenters. The Morgan fingerprint density at radius 3 is 2.43 bits per heavy atom. The predicted molar refractivity (Wildman–Crippen MR) is 128 cm³/mol. The second kappa shape index (κ2) is 9.01. The summed E-state index contributed by atoms with van der Waals surface area (Å²) in [6.45, 7) is 0.455. The summed E-state index contributed by atoms with van der Waals surface area (Å²) in [5.41, 5.74) is 2.60. The van der Waals surface area contributed by atoms with Crippen LogP contribution in [0.25, 0.3) is 6.08 Å². The zero-order valence-electron chi connectivity index (χ0n) is 15.6. The molecule has 0 unspecified atom stereocenters. The molecule has 150 valence electrons. The highest BCUT2D eigenvalue weighted by Gasteiger charge is 2.34. The number of nitrogens with zero attached hydrogens (tertiary/aromatic N) is 1. The Hall–Kier alpha value is -2.65. The number of amides is 3. The van der Waals surface area contributed by atoms with Crippen molar-refractivity contribution < 1.29 is 14.3 Å². The molecule has 3 aromatic carbocycles. The molecule has 1 N–H and O–H groups in total. The number of rotatable bonds is 5. The lowest BCUT2D eigenvalue weighted by molar-refractivity contribution is -0.113. The fourth-order valence-electron chi connectivity index (χ4n) is 2.98. The first-order valence-electron chi connectivity index (χ1n) is 9.10. The lowest BCUT2D eigenvalue weighted by atomic mass is 10.1. The van der Waals surface area contributed by atoms with Crippen molar-refractivity contribution in [3.8, 4) is 5.75 Å². The number of urea groups is 1. The number of carbonyl (C=O) groups excluding carboxylic acids is 2. The predicted octanol–water partition coefficient (Wildman–Crippen LogP) is 5.73. The van der Waals surface area contributed by atoms with Crippen LogP contribution >= 0.6 is 38.5 Å². The van der Waals surface area contributed by atoms with Gasteiger partial charge in [-0.3, -0.25) is 4.79 Å². The molecule has 30 heavy (non-hydrogen) atoms. The molecule has 1 aliphatic rings. The minimum Gasteiger partial charge on any atom is -0.488 e. The molecule has 4 rings (SSSR count). The van der Waals surface area contributed by atoms with Crippen molar-refractivity contribution in [1.29, 1.82) is 0 Å². The highest BCUT2D eigenvalue weighted by atomic mass is 127. The molecule has 0 aliphatic carbocycles. The molecule has 1 heterocycles. The van der Waals surface area contributed by atoms with Crippen LogP contribution in [0.5, 0.6) is 5.75 Å². The topological polar surface area (TPSA) is 58.6 Å². The average Bonchev–Trinajstić information content (AvgIpc) is 3.02. The normalized spacial score (nSPS) is 14.9. The van der Waals surface area contributed by atoms with E-state index in [4.69, 9.17) is 4.74 Å². The Bertz CT molecular complexity index is 1130. The van der Waals surface area contributed by atoms with Crippen molar-refractivity contribution in [2.45, 2.75) is 6.61 Å². The van der Waals surface area contributed by atoms with Crippen molar-refractivity contribution in [2.75, 3.05) is 4.90 Å². The summed E-state index contributed by atoms with van der Waals surface area (Å²) in [5.74, 6) is 0.310. The Morgan fingerprint density at radius 2 is 1.73 bits per heavy atom. The Balaban J connectivity index is 1.49. The first kappa shape index (κ1) is 20.6. The van der Waals surface area contributed by atoms with E-state index in [9.17, 15) is 9.59 Å². The van der Waals surface area contributed by atoms with Crippen molar-refractivity contribution in [2.24, 2.45) is 0 Å². The van der Waals surface area contributed by atoms with E-state index in [-0.39, 0.29) is 11.6 Å². The van der Waals surface area contributed by atoms with Gasteiger partial charge in [-0.15, -0.1) is 0 Å². The molecule has 0 bridgehead atoms. The molecule has 0 saturated carbocycles. The third-order valence-corrected chi connectivity index (χ3v) is 5.81.